The Balaban J connectivity index is 2.47. The Morgan fingerprint density at radius 1 is 0.600 bits per heavy atom. The van der Waals surface area contributed by atoms with Crippen LogP contribution in [0, 0.1) is 6.92 Å². The van der Waals surface area contributed by atoms with Crippen molar-refractivity contribution in [3.63, 3.8) is 0 Å². The molecule has 0 radical (unpaired) electrons. The molecule has 0 aromatic heterocycles. The lowest BCUT2D eigenvalue weighted by Gasteiger charge is -1.99. The molecule has 3 aromatic rings. The van der Waals surface area contributed by atoms with Crippen LogP contribution in [-0.4, -0.2) is 0 Å². The number of benzene rings is 3. The van der Waals surface area contributed by atoms with Crippen molar-refractivity contribution in [1.82, 2.24) is 0 Å². The Labute approximate surface area is 89.2 Å². The van der Waals surface area contributed by atoms with Gasteiger partial charge in [-0.25, -0.2) is 0 Å². The van der Waals surface area contributed by atoms with Gasteiger partial charge in [0.2, 0.25) is 0 Å². The van der Waals surface area contributed by atoms with Crippen molar-refractivity contribution >= 4 is 21.5 Å². The summed E-state index contributed by atoms with van der Waals surface area (Å²) in [5.74, 6) is 0. The van der Waals surface area contributed by atoms with Crippen LogP contribution in [0.4, 0.5) is 0 Å². The Morgan fingerprint density at radius 2 is 1.20 bits per heavy atom. The average Bonchev–Trinajstić information content (AvgIpc) is 2.26. The van der Waals surface area contributed by atoms with Gasteiger partial charge in [0.25, 0.3) is 0 Å². The molecule has 0 nitrogen and oxygen atoms in total. The minimum absolute atomic E-state index is 1.07. The molecule has 0 unspecified atom stereocenters. The molecule has 0 aliphatic carbocycles. The van der Waals surface area contributed by atoms with Crippen LogP contribution in [0.1, 0.15) is 5.56 Å². The molecule has 0 bridgehead atoms. The highest BCUT2D eigenvalue weighted by molar-refractivity contribution is 5.98. The lowest BCUT2D eigenvalue weighted by atomic mass is 10.0. The summed E-state index contributed by atoms with van der Waals surface area (Å²) in [6.45, 7) is 3.95. The SMILES string of the molecule is [CH2+]c1ccc2cc3ccccc3cc2c1. The summed E-state index contributed by atoms with van der Waals surface area (Å²) < 4.78 is 0. The first-order valence-corrected chi connectivity index (χ1v) is 5.07. The van der Waals surface area contributed by atoms with Crippen molar-refractivity contribution in [3.8, 4) is 0 Å². The van der Waals surface area contributed by atoms with E-state index in [-0.39, 0.29) is 0 Å². The molecule has 3 aromatic carbocycles. The van der Waals surface area contributed by atoms with Crippen molar-refractivity contribution in [1.29, 1.82) is 0 Å². The van der Waals surface area contributed by atoms with E-state index < -0.39 is 0 Å². The Kier molecular flexibility index (Phi) is 1.69. The minimum atomic E-state index is 1.07. The van der Waals surface area contributed by atoms with Crippen molar-refractivity contribution in [2.45, 2.75) is 0 Å². The molecular formula is C15H11+. The predicted molar refractivity (Wildman–Crippen MR) is 65.9 cm³/mol. The van der Waals surface area contributed by atoms with Crippen LogP contribution in [0.25, 0.3) is 21.5 Å². The molecule has 0 saturated heterocycles. The second-order valence-electron chi connectivity index (χ2n) is 3.88. The van der Waals surface area contributed by atoms with Gasteiger partial charge in [-0.3, -0.25) is 0 Å². The van der Waals surface area contributed by atoms with E-state index in [1.165, 1.54) is 21.5 Å². The van der Waals surface area contributed by atoms with Gasteiger partial charge in [-0.15, -0.1) is 0 Å². The van der Waals surface area contributed by atoms with E-state index in [1.807, 2.05) is 0 Å². The highest BCUT2D eigenvalue weighted by atomic mass is 14.0. The van der Waals surface area contributed by atoms with Gasteiger partial charge in [0.15, 0.2) is 0 Å². The molecular weight excluding hydrogens is 180 g/mol. The van der Waals surface area contributed by atoms with Crippen molar-refractivity contribution in [3.05, 3.63) is 67.1 Å². The van der Waals surface area contributed by atoms with Gasteiger partial charge >= 0.3 is 0 Å². The van der Waals surface area contributed by atoms with E-state index in [2.05, 4.69) is 61.5 Å². The fourth-order valence-corrected chi connectivity index (χ4v) is 1.99. The zero-order valence-corrected chi connectivity index (χ0v) is 8.40. The van der Waals surface area contributed by atoms with Crippen LogP contribution in [0.3, 0.4) is 0 Å². The van der Waals surface area contributed by atoms with Gasteiger partial charge in [0, 0.05) is 29.8 Å². The highest BCUT2D eigenvalue weighted by Gasteiger charge is 2.01. The van der Waals surface area contributed by atoms with Crippen LogP contribution in [0.5, 0.6) is 0 Å². The molecule has 0 spiro atoms. The Morgan fingerprint density at radius 3 is 1.93 bits per heavy atom. The van der Waals surface area contributed by atoms with Gasteiger partial charge in [0.1, 0.15) is 5.56 Å². The molecule has 0 heteroatoms. The summed E-state index contributed by atoms with van der Waals surface area (Å²) in [4.78, 5) is 0. The first-order valence-electron chi connectivity index (χ1n) is 5.07. The summed E-state index contributed by atoms with van der Waals surface area (Å²) in [7, 11) is 0. The fraction of sp³-hybridized carbons (Fsp3) is 0. The van der Waals surface area contributed by atoms with Gasteiger partial charge in [0.05, 0.1) is 6.07 Å². The number of fused-ring (bicyclic) bond motifs is 2. The molecule has 0 N–H and O–H groups in total. The van der Waals surface area contributed by atoms with E-state index >= 15 is 0 Å². The lowest BCUT2D eigenvalue weighted by Crippen LogP contribution is -1.77. The Hall–Kier alpha value is -1.95. The molecule has 0 atom stereocenters. The molecule has 0 aliphatic rings. The number of hydrogen-bond donors (Lipinski definition) is 0. The molecule has 15 heavy (non-hydrogen) atoms. The molecule has 3 rings (SSSR count). The maximum absolute atomic E-state index is 3.95. The monoisotopic (exact) mass is 191 g/mol. The summed E-state index contributed by atoms with van der Waals surface area (Å²) >= 11 is 0. The largest absolute Gasteiger partial charge is 0.127 e. The summed E-state index contributed by atoms with van der Waals surface area (Å²) in [5.41, 5.74) is 1.07. The molecule has 0 heterocycles. The van der Waals surface area contributed by atoms with Crippen molar-refractivity contribution < 1.29 is 0 Å². The predicted octanol–water partition coefficient (Wildman–Crippen LogP) is 4.18. The van der Waals surface area contributed by atoms with Gasteiger partial charge in [-0.1, -0.05) is 24.3 Å². The highest BCUT2D eigenvalue weighted by Crippen LogP contribution is 2.23. The third kappa shape index (κ3) is 1.35. The lowest BCUT2D eigenvalue weighted by molar-refractivity contribution is 1.68. The quantitative estimate of drug-likeness (QED) is 0.369. The van der Waals surface area contributed by atoms with Crippen LogP contribution in [-0.2, 0) is 0 Å². The first-order chi connectivity index (χ1) is 7.33. The standard InChI is InChI=1S/C15H11/c1-11-6-7-14-9-12-4-2-3-5-13(12)10-15(14)8-11/h2-10H,1H2/q+1. The first kappa shape index (κ1) is 8.37. The smallest absolute Gasteiger partial charge is 0.0616 e. The maximum atomic E-state index is 3.95. The van der Waals surface area contributed by atoms with Gasteiger partial charge in [-0.2, -0.15) is 0 Å². The molecule has 70 valence electrons. The van der Waals surface area contributed by atoms with Crippen molar-refractivity contribution in [2.75, 3.05) is 0 Å². The number of rotatable bonds is 0. The zero-order valence-electron chi connectivity index (χ0n) is 8.40. The van der Waals surface area contributed by atoms with E-state index in [0.717, 1.165) is 5.56 Å². The summed E-state index contributed by atoms with van der Waals surface area (Å²) in [6.07, 6.45) is 0. The third-order valence-electron chi connectivity index (χ3n) is 2.77. The fourth-order valence-electron chi connectivity index (χ4n) is 1.99. The zero-order chi connectivity index (χ0) is 10.3. The second kappa shape index (κ2) is 3.03. The van der Waals surface area contributed by atoms with Crippen LogP contribution in [0.15, 0.2) is 54.6 Å². The van der Waals surface area contributed by atoms with E-state index in [4.69, 9.17) is 0 Å². The molecule has 0 amide bonds. The molecule has 0 fully saturated rings. The van der Waals surface area contributed by atoms with Crippen LogP contribution in [0.2, 0.25) is 0 Å². The number of hydrogen-bond acceptors (Lipinski definition) is 0. The third-order valence-corrected chi connectivity index (χ3v) is 2.77. The van der Waals surface area contributed by atoms with Crippen LogP contribution >= 0.6 is 0 Å². The second-order valence-corrected chi connectivity index (χ2v) is 3.88. The van der Waals surface area contributed by atoms with E-state index in [9.17, 15) is 0 Å². The normalized spacial score (nSPS) is 10.9. The van der Waals surface area contributed by atoms with Crippen LogP contribution < -0.4 is 0 Å². The summed E-state index contributed by atoms with van der Waals surface area (Å²) in [6, 6.07) is 19.2. The topological polar surface area (TPSA) is 0 Å². The summed E-state index contributed by atoms with van der Waals surface area (Å²) in [5, 5.41) is 5.12. The minimum Gasteiger partial charge on any atom is -0.0616 e. The maximum Gasteiger partial charge on any atom is 0.127 e. The molecule has 0 aliphatic heterocycles. The molecule has 0 saturated carbocycles. The Bertz CT molecular complexity index is 636. The van der Waals surface area contributed by atoms with Crippen molar-refractivity contribution in [2.24, 2.45) is 0 Å². The van der Waals surface area contributed by atoms with Gasteiger partial charge in [-0.05, 0) is 22.9 Å². The van der Waals surface area contributed by atoms with E-state index in [0.29, 0.717) is 0 Å². The van der Waals surface area contributed by atoms with E-state index in [1.54, 1.807) is 0 Å². The van der Waals surface area contributed by atoms with Gasteiger partial charge < -0.3 is 0 Å². The average molecular weight is 191 g/mol.